The van der Waals surface area contributed by atoms with Gasteiger partial charge in [-0.15, -0.1) is 0 Å². The van der Waals surface area contributed by atoms with Gasteiger partial charge in [0.1, 0.15) is 0 Å². The normalized spacial score (nSPS) is 17.1. The number of fused-ring (bicyclic) bond motifs is 1. The highest BCUT2D eigenvalue weighted by Crippen LogP contribution is 2.33. The van der Waals surface area contributed by atoms with Gasteiger partial charge in [-0.3, -0.25) is 19.4 Å². The van der Waals surface area contributed by atoms with Crippen molar-refractivity contribution in [2.75, 3.05) is 26.2 Å². The van der Waals surface area contributed by atoms with Crippen LogP contribution in [-0.4, -0.2) is 57.3 Å². The lowest BCUT2D eigenvalue weighted by atomic mass is 9.80. The van der Waals surface area contributed by atoms with E-state index in [2.05, 4.69) is 43.8 Å². The Morgan fingerprint density at radius 3 is 2.51 bits per heavy atom. The van der Waals surface area contributed by atoms with Crippen molar-refractivity contribution in [2.45, 2.75) is 58.9 Å². The third-order valence-electron chi connectivity index (χ3n) is 9.05. The molecule has 216 valence electrons. The summed E-state index contributed by atoms with van der Waals surface area (Å²) in [4.78, 5) is 45.5. The summed E-state index contributed by atoms with van der Waals surface area (Å²) in [6.45, 7) is 13.6. The van der Waals surface area contributed by atoms with Gasteiger partial charge < -0.3 is 14.4 Å². The lowest BCUT2D eigenvalue weighted by Gasteiger charge is -2.38. The zero-order valence-electron chi connectivity index (χ0n) is 24.6. The van der Waals surface area contributed by atoms with E-state index >= 15 is 0 Å². The van der Waals surface area contributed by atoms with Crippen molar-refractivity contribution in [1.29, 1.82) is 0 Å². The number of pyridine rings is 2. The third-order valence-corrected chi connectivity index (χ3v) is 9.05. The van der Waals surface area contributed by atoms with Gasteiger partial charge in [0, 0.05) is 68.4 Å². The van der Waals surface area contributed by atoms with Crippen molar-refractivity contribution in [1.82, 2.24) is 19.4 Å². The second-order valence-corrected chi connectivity index (χ2v) is 12.2. The summed E-state index contributed by atoms with van der Waals surface area (Å²) in [6.07, 6.45) is 6.85. The summed E-state index contributed by atoms with van der Waals surface area (Å²) >= 11 is 0. The molecule has 2 aliphatic heterocycles. The number of amides is 2. The van der Waals surface area contributed by atoms with Gasteiger partial charge in [0.05, 0.1) is 5.52 Å². The largest absolute Gasteiger partial charge is 0.342 e. The molecule has 7 heteroatoms. The van der Waals surface area contributed by atoms with Crippen molar-refractivity contribution < 1.29 is 9.59 Å². The number of nitrogens with zero attached hydrogens (tertiary/aromatic N) is 4. The standard InChI is InChI=1S/C34H42N4O3/c1-5-32(39)37-21-26(22-37)11-16-38-31-19-30(35-20-29(31)9-10-33(38)40)18-25-7-6-8-28(17-25)24(4)27-12-14-36(15-13-27)34(41)23(2)3/h5-10,17,19-20,23-24,26-27H,1,11-16,18,21-22H2,2-4H3. The predicted molar refractivity (Wildman–Crippen MR) is 163 cm³/mol. The number of aromatic nitrogens is 2. The minimum absolute atomic E-state index is 0.00929. The number of piperidine rings is 1. The van der Waals surface area contributed by atoms with E-state index in [0.717, 1.165) is 62.0 Å². The Balaban J connectivity index is 1.26. The van der Waals surface area contributed by atoms with E-state index in [9.17, 15) is 14.4 Å². The zero-order chi connectivity index (χ0) is 29.1. The van der Waals surface area contributed by atoms with E-state index in [1.165, 1.54) is 17.2 Å². The van der Waals surface area contributed by atoms with E-state index in [1.807, 2.05) is 35.6 Å². The monoisotopic (exact) mass is 554 g/mol. The fourth-order valence-corrected chi connectivity index (χ4v) is 6.38. The average molecular weight is 555 g/mol. The minimum atomic E-state index is -0.0266. The second-order valence-electron chi connectivity index (χ2n) is 12.2. The molecule has 5 rings (SSSR count). The molecule has 41 heavy (non-hydrogen) atoms. The molecule has 1 atom stereocenters. The Kier molecular flexibility index (Phi) is 8.71. The summed E-state index contributed by atoms with van der Waals surface area (Å²) in [5.74, 6) is 1.68. The molecule has 4 heterocycles. The van der Waals surface area contributed by atoms with Crippen LogP contribution in [0.5, 0.6) is 0 Å². The van der Waals surface area contributed by atoms with E-state index in [1.54, 1.807) is 11.0 Å². The molecule has 1 unspecified atom stereocenters. The molecule has 2 saturated heterocycles. The molecule has 0 saturated carbocycles. The predicted octanol–water partition coefficient (Wildman–Crippen LogP) is 5.02. The molecule has 2 amide bonds. The summed E-state index contributed by atoms with van der Waals surface area (Å²) in [5.41, 5.74) is 4.38. The van der Waals surface area contributed by atoms with Crippen LogP contribution >= 0.6 is 0 Å². The highest BCUT2D eigenvalue weighted by atomic mass is 16.2. The molecule has 7 nitrogen and oxygen atoms in total. The fourth-order valence-electron chi connectivity index (χ4n) is 6.38. The van der Waals surface area contributed by atoms with Crippen LogP contribution < -0.4 is 5.56 Å². The molecular weight excluding hydrogens is 512 g/mol. The molecule has 0 N–H and O–H groups in total. The molecule has 2 aromatic heterocycles. The number of benzene rings is 1. The molecule has 0 aliphatic carbocycles. The van der Waals surface area contributed by atoms with Gasteiger partial charge in [-0.25, -0.2) is 0 Å². The van der Waals surface area contributed by atoms with Crippen molar-refractivity contribution in [3.63, 3.8) is 0 Å². The van der Waals surface area contributed by atoms with Crippen molar-refractivity contribution in [3.8, 4) is 0 Å². The number of hydrogen-bond acceptors (Lipinski definition) is 4. The van der Waals surface area contributed by atoms with E-state index in [4.69, 9.17) is 4.98 Å². The van der Waals surface area contributed by atoms with Crippen molar-refractivity contribution in [2.24, 2.45) is 17.8 Å². The number of hydrogen-bond donors (Lipinski definition) is 0. The first kappa shape index (κ1) is 28.8. The van der Waals surface area contributed by atoms with Gasteiger partial charge in [0.15, 0.2) is 0 Å². The molecule has 0 spiro atoms. The summed E-state index contributed by atoms with van der Waals surface area (Å²) in [6, 6.07) is 14.3. The number of carbonyl (C=O) groups is 2. The van der Waals surface area contributed by atoms with Crippen molar-refractivity contribution >= 4 is 22.7 Å². The molecule has 0 radical (unpaired) electrons. The Hall–Kier alpha value is -3.74. The van der Waals surface area contributed by atoms with Gasteiger partial charge in [0.25, 0.3) is 5.56 Å². The number of carbonyl (C=O) groups excluding carboxylic acids is 2. The lowest BCUT2D eigenvalue weighted by molar-refractivity contribution is -0.136. The number of rotatable bonds is 9. The van der Waals surface area contributed by atoms with E-state index < -0.39 is 0 Å². The molecular formula is C34H42N4O3. The Morgan fingerprint density at radius 1 is 1.05 bits per heavy atom. The fraction of sp³-hybridized carbons (Fsp3) is 0.471. The summed E-state index contributed by atoms with van der Waals surface area (Å²) < 4.78 is 1.85. The van der Waals surface area contributed by atoms with Gasteiger partial charge >= 0.3 is 0 Å². The first-order valence-corrected chi connectivity index (χ1v) is 15.0. The van der Waals surface area contributed by atoms with Gasteiger partial charge in [-0.1, -0.05) is 51.6 Å². The second kappa shape index (κ2) is 12.4. The summed E-state index contributed by atoms with van der Waals surface area (Å²) in [7, 11) is 0. The van der Waals surface area contributed by atoms with Crippen LogP contribution in [-0.2, 0) is 22.6 Å². The van der Waals surface area contributed by atoms with E-state index in [-0.39, 0.29) is 23.3 Å². The maximum absolute atomic E-state index is 12.8. The van der Waals surface area contributed by atoms with Crippen LogP contribution in [0.1, 0.15) is 62.8 Å². The van der Waals surface area contributed by atoms with E-state index in [0.29, 0.717) is 30.7 Å². The van der Waals surface area contributed by atoms with Crippen LogP contribution in [0.2, 0.25) is 0 Å². The van der Waals surface area contributed by atoms with Crippen LogP contribution in [0.15, 0.2) is 66.1 Å². The van der Waals surface area contributed by atoms with Crippen LogP contribution in [0.4, 0.5) is 0 Å². The SMILES string of the molecule is C=CC(=O)N1CC(CCn2c(=O)ccc3cnc(Cc4cccc(C(C)C5CCN(C(=O)C(C)C)CC5)c4)cc32)C1. The Labute approximate surface area is 242 Å². The molecule has 2 aliphatic rings. The molecule has 0 bridgehead atoms. The van der Waals surface area contributed by atoms with Gasteiger partial charge in [-0.05, 0) is 66.4 Å². The van der Waals surface area contributed by atoms with Gasteiger partial charge in [-0.2, -0.15) is 0 Å². The minimum Gasteiger partial charge on any atom is -0.342 e. The smallest absolute Gasteiger partial charge is 0.251 e. The zero-order valence-corrected chi connectivity index (χ0v) is 24.6. The molecule has 2 fully saturated rings. The first-order valence-electron chi connectivity index (χ1n) is 15.0. The maximum atomic E-state index is 12.8. The van der Waals surface area contributed by atoms with Crippen molar-refractivity contribution in [3.05, 3.63) is 88.5 Å². The quantitative estimate of drug-likeness (QED) is 0.348. The Bertz CT molecular complexity index is 1480. The molecule has 3 aromatic rings. The van der Waals surface area contributed by atoms with Gasteiger partial charge in [0.2, 0.25) is 11.8 Å². The molecule has 1 aromatic carbocycles. The third kappa shape index (κ3) is 6.45. The average Bonchev–Trinajstić information content (AvgIpc) is 2.96. The maximum Gasteiger partial charge on any atom is 0.251 e. The van der Waals surface area contributed by atoms with Crippen LogP contribution in [0, 0.1) is 17.8 Å². The Morgan fingerprint density at radius 2 is 1.80 bits per heavy atom. The van der Waals surface area contributed by atoms with Crippen LogP contribution in [0.25, 0.3) is 10.9 Å². The number of aryl methyl sites for hydroxylation is 1. The highest BCUT2D eigenvalue weighted by Gasteiger charge is 2.29. The highest BCUT2D eigenvalue weighted by molar-refractivity contribution is 5.87. The first-order chi connectivity index (χ1) is 19.7. The number of likely N-dealkylation sites (tertiary alicyclic amines) is 2. The summed E-state index contributed by atoms with van der Waals surface area (Å²) in [5, 5.41) is 0.954. The van der Waals surface area contributed by atoms with Crippen LogP contribution in [0.3, 0.4) is 0 Å². The topological polar surface area (TPSA) is 75.5 Å². The lowest BCUT2D eigenvalue weighted by Crippen LogP contribution is -2.49.